The normalized spacial score (nSPS) is 17.3. The van der Waals surface area contributed by atoms with Crippen molar-refractivity contribution in [3.8, 4) is 0 Å². The summed E-state index contributed by atoms with van der Waals surface area (Å²) in [4.78, 5) is 11.7. The van der Waals surface area contributed by atoms with Crippen molar-refractivity contribution in [1.29, 1.82) is 0 Å². The fraction of sp³-hybridized carbons (Fsp3) is 0.600. The molecule has 1 amide bonds. The molecule has 1 fully saturated rings. The van der Waals surface area contributed by atoms with E-state index in [1.54, 1.807) is 17.1 Å². The average molecular weight is 288 g/mol. The van der Waals surface area contributed by atoms with E-state index in [9.17, 15) is 4.79 Å². The van der Waals surface area contributed by atoms with Crippen LogP contribution < -0.4 is 5.32 Å². The zero-order valence-electron chi connectivity index (χ0n) is 8.86. The van der Waals surface area contributed by atoms with Crippen molar-refractivity contribution in [2.45, 2.75) is 25.4 Å². The summed E-state index contributed by atoms with van der Waals surface area (Å²) in [5, 5.41) is 7.01. The zero-order valence-corrected chi connectivity index (χ0v) is 10.4. The largest absolute Gasteiger partial charge is 0.381 e. The molecule has 5 nitrogen and oxygen atoms in total. The molecule has 0 atom stereocenters. The summed E-state index contributed by atoms with van der Waals surface area (Å²) in [5.41, 5.74) is 0. The third kappa shape index (κ3) is 3.31. The van der Waals surface area contributed by atoms with Crippen LogP contribution in [0.25, 0.3) is 0 Å². The molecule has 2 heterocycles. The van der Waals surface area contributed by atoms with Gasteiger partial charge in [0.2, 0.25) is 5.91 Å². The van der Waals surface area contributed by atoms with Gasteiger partial charge < -0.3 is 10.1 Å². The Balaban J connectivity index is 1.79. The third-order valence-electron chi connectivity index (χ3n) is 2.49. The molecule has 6 heteroatoms. The van der Waals surface area contributed by atoms with Crippen molar-refractivity contribution >= 4 is 21.8 Å². The lowest BCUT2D eigenvalue weighted by Crippen LogP contribution is -2.40. The fourth-order valence-electron chi connectivity index (χ4n) is 1.69. The Labute approximate surface area is 102 Å². The number of carbonyl (C=O) groups is 1. The quantitative estimate of drug-likeness (QED) is 0.900. The van der Waals surface area contributed by atoms with Crippen LogP contribution in [0.15, 0.2) is 16.9 Å². The highest BCUT2D eigenvalue weighted by Crippen LogP contribution is 2.07. The van der Waals surface area contributed by atoms with Gasteiger partial charge in [-0.05, 0) is 28.8 Å². The van der Waals surface area contributed by atoms with E-state index in [1.807, 2.05) is 0 Å². The first-order valence-corrected chi connectivity index (χ1v) is 6.08. The highest BCUT2D eigenvalue weighted by atomic mass is 79.9. The van der Waals surface area contributed by atoms with Gasteiger partial charge in [-0.25, -0.2) is 0 Å². The number of aromatic nitrogens is 2. The Morgan fingerprint density at radius 1 is 1.62 bits per heavy atom. The second-order valence-corrected chi connectivity index (χ2v) is 4.73. The number of carbonyl (C=O) groups excluding carboxylic acids is 1. The molecule has 88 valence electrons. The summed E-state index contributed by atoms with van der Waals surface area (Å²) < 4.78 is 7.72. The summed E-state index contributed by atoms with van der Waals surface area (Å²) in [6.07, 6.45) is 5.24. The van der Waals surface area contributed by atoms with Crippen molar-refractivity contribution in [2.75, 3.05) is 13.2 Å². The van der Waals surface area contributed by atoms with Gasteiger partial charge in [0.15, 0.2) is 0 Å². The Bertz CT molecular complexity index is 361. The molecule has 0 unspecified atom stereocenters. The van der Waals surface area contributed by atoms with E-state index in [4.69, 9.17) is 4.74 Å². The fourth-order valence-corrected chi connectivity index (χ4v) is 2.02. The van der Waals surface area contributed by atoms with Crippen molar-refractivity contribution in [3.63, 3.8) is 0 Å². The maximum Gasteiger partial charge on any atom is 0.241 e. The minimum Gasteiger partial charge on any atom is -0.381 e. The van der Waals surface area contributed by atoms with Crippen molar-refractivity contribution < 1.29 is 9.53 Å². The van der Waals surface area contributed by atoms with Gasteiger partial charge in [-0.2, -0.15) is 5.10 Å². The summed E-state index contributed by atoms with van der Waals surface area (Å²) in [5.74, 6) is 0.00231. The van der Waals surface area contributed by atoms with Crippen LogP contribution in [0.1, 0.15) is 12.8 Å². The predicted octanol–water partition coefficient (Wildman–Crippen LogP) is 0.941. The molecule has 0 saturated carbocycles. The molecule has 1 N–H and O–H groups in total. The molecule has 1 aliphatic heterocycles. The number of ether oxygens (including phenoxy) is 1. The van der Waals surface area contributed by atoms with Crippen LogP contribution in [0, 0.1) is 0 Å². The highest BCUT2D eigenvalue weighted by Gasteiger charge is 2.16. The Morgan fingerprint density at radius 3 is 3.00 bits per heavy atom. The molecule has 0 bridgehead atoms. The number of nitrogens with zero attached hydrogens (tertiary/aromatic N) is 2. The maximum atomic E-state index is 11.7. The SMILES string of the molecule is O=C(Cn1cc(Br)cn1)NC1CCOCC1. The molecule has 0 aromatic carbocycles. The minimum absolute atomic E-state index is 0.00231. The lowest BCUT2D eigenvalue weighted by molar-refractivity contribution is -0.123. The number of nitrogens with one attached hydrogen (secondary N) is 1. The maximum absolute atomic E-state index is 11.7. The Kier molecular flexibility index (Phi) is 3.95. The van der Waals surface area contributed by atoms with Gasteiger partial charge in [-0.1, -0.05) is 0 Å². The van der Waals surface area contributed by atoms with Gasteiger partial charge in [0.1, 0.15) is 6.54 Å². The van der Waals surface area contributed by atoms with Crippen LogP contribution >= 0.6 is 15.9 Å². The number of rotatable bonds is 3. The number of halogens is 1. The van der Waals surface area contributed by atoms with Crippen LogP contribution in [0.5, 0.6) is 0 Å². The molecule has 1 aromatic heterocycles. The molecular formula is C10H14BrN3O2. The summed E-state index contributed by atoms with van der Waals surface area (Å²) in [6, 6.07) is 0.250. The third-order valence-corrected chi connectivity index (χ3v) is 2.90. The first kappa shape index (κ1) is 11.6. The molecule has 1 aromatic rings. The standard InChI is InChI=1S/C10H14BrN3O2/c11-8-5-12-14(6-8)7-10(15)13-9-1-3-16-4-2-9/h5-6,9H,1-4,7H2,(H,13,15). The van der Waals surface area contributed by atoms with Gasteiger partial charge in [-0.15, -0.1) is 0 Å². The molecule has 0 radical (unpaired) electrons. The van der Waals surface area contributed by atoms with Gasteiger partial charge >= 0.3 is 0 Å². The monoisotopic (exact) mass is 287 g/mol. The summed E-state index contributed by atoms with van der Waals surface area (Å²) in [7, 11) is 0. The molecular weight excluding hydrogens is 274 g/mol. The van der Waals surface area contributed by atoms with E-state index >= 15 is 0 Å². The van der Waals surface area contributed by atoms with Gasteiger partial charge in [-0.3, -0.25) is 9.48 Å². The van der Waals surface area contributed by atoms with Crippen LogP contribution in [0.2, 0.25) is 0 Å². The molecule has 16 heavy (non-hydrogen) atoms. The number of hydrogen-bond donors (Lipinski definition) is 1. The first-order chi connectivity index (χ1) is 7.74. The zero-order chi connectivity index (χ0) is 11.4. The minimum atomic E-state index is 0.00231. The Morgan fingerprint density at radius 2 is 2.38 bits per heavy atom. The topological polar surface area (TPSA) is 56.2 Å². The van der Waals surface area contributed by atoms with Gasteiger partial charge in [0.25, 0.3) is 0 Å². The van der Waals surface area contributed by atoms with E-state index in [2.05, 4.69) is 26.3 Å². The smallest absolute Gasteiger partial charge is 0.241 e. The average Bonchev–Trinajstić information content (AvgIpc) is 2.65. The predicted molar refractivity (Wildman–Crippen MR) is 61.9 cm³/mol. The van der Waals surface area contributed by atoms with Crippen molar-refractivity contribution in [3.05, 3.63) is 16.9 Å². The Hall–Kier alpha value is -0.880. The van der Waals surface area contributed by atoms with E-state index in [1.165, 1.54) is 0 Å². The van der Waals surface area contributed by atoms with E-state index < -0.39 is 0 Å². The van der Waals surface area contributed by atoms with E-state index in [0.29, 0.717) is 0 Å². The van der Waals surface area contributed by atoms with Crippen LogP contribution in [0.4, 0.5) is 0 Å². The highest BCUT2D eigenvalue weighted by molar-refractivity contribution is 9.10. The summed E-state index contributed by atoms with van der Waals surface area (Å²) >= 11 is 3.29. The lowest BCUT2D eigenvalue weighted by Gasteiger charge is -2.23. The second-order valence-electron chi connectivity index (χ2n) is 3.81. The van der Waals surface area contributed by atoms with E-state index in [-0.39, 0.29) is 18.5 Å². The molecule has 0 aliphatic carbocycles. The van der Waals surface area contributed by atoms with Gasteiger partial charge in [0, 0.05) is 25.5 Å². The number of hydrogen-bond acceptors (Lipinski definition) is 3. The van der Waals surface area contributed by atoms with Crippen LogP contribution in [-0.4, -0.2) is 34.9 Å². The summed E-state index contributed by atoms with van der Waals surface area (Å²) in [6.45, 7) is 1.74. The molecule has 2 rings (SSSR count). The van der Waals surface area contributed by atoms with Gasteiger partial charge in [0.05, 0.1) is 10.7 Å². The van der Waals surface area contributed by atoms with E-state index in [0.717, 1.165) is 30.5 Å². The number of amides is 1. The van der Waals surface area contributed by atoms with Crippen molar-refractivity contribution in [2.24, 2.45) is 0 Å². The first-order valence-electron chi connectivity index (χ1n) is 5.29. The molecule has 0 spiro atoms. The molecule has 1 saturated heterocycles. The molecule has 1 aliphatic rings. The second kappa shape index (κ2) is 5.45. The lowest BCUT2D eigenvalue weighted by atomic mass is 10.1. The van der Waals surface area contributed by atoms with Crippen molar-refractivity contribution in [1.82, 2.24) is 15.1 Å². The van der Waals surface area contributed by atoms with Crippen LogP contribution in [-0.2, 0) is 16.1 Å². The van der Waals surface area contributed by atoms with Crippen LogP contribution in [0.3, 0.4) is 0 Å².